The molecule has 8 heteroatoms. The maximum atomic E-state index is 13.4. The van der Waals surface area contributed by atoms with Gasteiger partial charge in [0.15, 0.2) is 0 Å². The van der Waals surface area contributed by atoms with Crippen molar-refractivity contribution in [2.75, 3.05) is 26.2 Å². The minimum Gasteiger partial charge on any atom is -0.396 e. The minimum absolute atomic E-state index is 0.173. The maximum absolute atomic E-state index is 13.4. The SMILES string of the molecule is OCCCNCCN(Cc1ccccc1)Cc1cccc(CN(Cc2ccccc2)Cc2cccc(C(F)(F)F)c2)n1. The molecule has 1 aromatic heterocycles. The number of benzene rings is 3. The number of hydrogen-bond donors (Lipinski definition) is 2. The molecule has 0 unspecified atom stereocenters. The number of aliphatic hydroxyl groups excluding tert-OH is 1. The summed E-state index contributed by atoms with van der Waals surface area (Å²) in [5, 5.41) is 12.4. The van der Waals surface area contributed by atoms with E-state index < -0.39 is 11.7 Å². The Morgan fingerprint density at radius 1 is 0.619 bits per heavy atom. The third kappa shape index (κ3) is 10.7. The molecule has 0 fully saturated rings. The summed E-state index contributed by atoms with van der Waals surface area (Å²) in [4.78, 5) is 9.45. The predicted molar refractivity (Wildman–Crippen MR) is 160 cm³/mol. The number of hydrogen-bond acceptors (Lipinski definition) is 5. The molecule has 0 atom stereocenters. The van der Waals surface area contributed by atoms with Crippen LogP contribution in [0.2, 0.25) is 0 Å². The van der Waals surface area contributed by atoms with E-state index in [4.69, 9.17) is 10.1 Å². The standard InChI is InChI=1S/C34H39F3N4O/c35-34(36,37)31-15-7-14-30(22-31)25-41(24-29-12-5-2-6-13-29)27-33-17-8-16-32(39-33)26-40(20-19-38-18-9-21-42)23-28-10-3-1-4-11-28/h1-8,10-17,22,38,42H,9,18-21,23-27H2. The molecule has 0 radical (unpaired) electrons. The summed E-state index contributed by atoms with van der Waals surface area (Å²) < 4.78 is 40.1. The zero-order valence-electron chi connectivity index (χ0n) is 23.8. The number of pyridine rings is 1. The Balaban J connectivity index is 1.49. The number of rotatable bonds is 16. The third-order valence-electron chi connectivity index (χ3n) is 6.91. The van der Waals surface area contributed by atoms with Gasteiger partial charge in [0.25, 0.3) is 0 Å². The van der Waals surface area contributed by atoms with Crippen molar-refractivity contribution in [3.63, 3.8) is 0 Å². The number of alkyl halides is 3. The van der Waals surface area contributed by atoms with E-state index >= 15 is 0 Å². The molecule has 4 rings (SSSR count). The highest BCUT2D eigenvalue weighted by molar-refractivity contribution is 5.26. The molecule has 3 aromatic carbocycles. The topological polar surface area (TPSA) is 51.6 Å². The fourth-order valence-electron chi connectivity index (χ4n) is 4.90. The predicted octanol–water partition coefficient (Wildman–Crippen LogP) is 6.28. The van der Waals surface area contributed by atoms with Crippen LogP contribution in [0, 0.1) is 0 Å². The smallest absolute Gasteiger partial charge is 0.396 e. The van der Waals surface area contributed by atoms with Crippen molar-refractivity contribution in [1.82, 2.24) is 20.1 Å². The Morgan fingerprint density at radius 3 is 1.79 bits per heavy atom. The fourth-order valence-corrected chi connectivity index (χ4v) is 4.90. The van der Waals surface area contributed by atoms with Crippen molar-refractivity contribution in [2.45, 2.75) is 45.3 Å². The first-order chi connectivity index (χ1) is 20.4. The Morgan fingerprint density at radius 2 is 1.17 bits per heavy atom. The molecule has 0 amide bonds. The summed E-state index contributed by atoms with van der Waals surface area (Å²) in [6, 6.07) is 31.8. The second-order valence-corrected chi connectivity index (χ2v) is 10.5. The van der Waals surface area contributed by atoms with Gasteiger partial charge in [0.05, 0.1) is 17.0 Å². The molecule has 0 aliphatic heterocycles. The Bertz CT molecular complexity index is 1340. The summed E-state index contributed by atoms with van der Waals surface area (Å²) >= 11 is 0. The van der Waals surface area contributed by atoms with Crippen molar-refractivity contribution in [1.29, 1.82) is 0 Å². The third-order valence-corrected chi connectivity index (χ3v) is 6.91. The fraction of sp³-hybridized carbons (Fsp3) is 0.324. The van der Waals surface area contributed by atoms with Crippen LogP contribution in [0.1, 0.15) is 40.1 Å². The summed E-state index contributed by atoms with van der Waals surface area (Å²) in [6.07, 6.45) is -3.65. The Kier molecular flexibility index (Phi) is 12.1. The molecule has 0 saturated heterocycles. The molecule has 0 bridgehead atoms. The van der Waals surface area contributed by atoms with Crippen LogP contribution in [0.25, 0.3) is 0 Å². The Labute approximate surface area is 246 Å². The van der Waals surface area contributed by atoms with Gasteiger partial charge in [-0.25, -0.2) is 0 Å². The van der Waals surface area contributed by atoms with Gasteiger partial charge in [0, 0.05) is 52.4 Å². The van der Waals surface area contributed by atoms with Crippen LogP contribution < -0.4 is 5.32 Å². The second kappa shape index (κ2) is 16.2. The van der Waals surface area contributed by atoms with E-state index in [0.29, 0.717) is 31.7 Å². The summed E-state index contributed by atoms with van der Waals surface area (Å²) in [5.41, 5.74) is 4.10. The Hall–Kier alpha value is -3.56. The lowest BCUT2D eigenvalue weighted by atomic mass is 10.1. The van der Waals surface area contributed by atoms with Crippen LogP contribution >= 0.6 is 0 Å². The van der Waals surface area contributed by atoms with E-state index in [0.717, 1.165) is 55.6 Å². The van der Waals surface area contributed by atoms with E-state index in [1.165, 1.54) is 17.7 Å². The molecule has 4 aromatic rings. The molecule has 42 heavy (non-hydrogen) atoms. The van der Waals surface area contributed by atoms with Gasteiger partial charge in [-0.2, -0.15) is 13.2 Å². The van der Waals surface area contributed by atoms with Gasteiger partial charge in [-0.1, -0.05) is 84.9 Å². The number of halogens is 3. The number of nitrogens with zero attached hydrogens (tertiary/aromatic N) is 3. The first-order valence-corrected chi connectivity index (χ1v) is 14.3. The summed E-state index contributed by atoms with van der Waals surface area (Å²) in [6.45, 7) is 5.46. The van der Waals surface area contributed by atoms with Crippen LogP contribution in [0.3, 0.4) is 0 Å². The lowest BCUT2D eigenvalue weighted by Crippen LogP contribution is -2.32. The number of aromatic nitrogens is 1. The highest BCUT2D eigenvalue weighted by Crippen LogP contribution is 2.30. The highest BCUT2D eigenvalue weighted by Gasteiger charge is 2.30. The molecule has 0 saturated carbocycles. The van der Waals surface area contributed by atoms with Gasteiger partial charge >= 0.3 is 6.18 Å². The normalized spacial score (nSPS) is 11.9. The molecule has 2 N–H and O–H groups in total. The van der Waals surface area contributed by atoms with Gasteiger partial charge in [-0.15, -0.1) is 0 Å². The summed E-state index contributed by atoms with van der Waals surface area (Å²) in [5.74, 6) is 0. The second-order valence-electron chi connectivity index (χ2n) is 10.5. The molecule has 0 aliphatic carbocycles. The van der Waals surface area contributed by atoms with Crippen molar-refractivity contribution < 1.29 is 18.3 Å². The van der Waals surface area contributed by atoms with Gasteiger partial charge in [-0.3, -0.25) is 14.8 Å². The van der Waals surface area contributed by atoms with Gasteiger partial charge < -0.3 is 10.4 Å². The molecule has 0 spiro atoms. The van der Waals surface area contributed by atoms with Crippen LogP contribution in [0.15, 0.2) is 103 Å². The van der Waals surface area contributed by atoms with Crippen molar-refractivity contribution in [3.05, 3.63) is 137 Å². The van der Waals surface area contributed by atoms with Crippen molar-refractivity contribution in [2.24, 2.45) is 0 Å². The zero-order valence-corrected chi connectivity index (χ0v) is 23.8. The molecule has 5 nitrogen and oxygen atoms in total. The van der Waals surface area contributed by atoms with Crippen LogP contribution in [-0.4, -0.2) is 46.1 Å². The lowest BCUT2D eigenvalue weighted by Gasteiger charge is -2.24. The van der Waals surface area contributed by atoms with E-state index in [2.05, 4.69) is 27.2 Å². The first-order valence-electron chi connectivity index (χ1n) is 14.3. The summed E-state index contributed by atoms with van der Waals surface area (Å²) in [7, 11) is 0. The van der Waals surface area contributed by atoms with E-state index in [1.807, 2.05) is 66.7 Å². The van der Waals surface area contributed by atoms with E-state index in [-0.39, 0.29) is 6.61 Å². The minimum atomic E-state index is -4.38. The highest BCUT2D eigenvalue weighted by atomic mass is 19.4. The monoisotopic (exact) mass is 576 g/mol. The van der Waals surface area contributed by atoms with Crippen molar-refractivity contribution in [3.8, 4) is 0 Å². The molecular weight excluding hydrogens is 537 g/mol. The van der Waals surface area contributed by atoms with Crippen LogP contribution in [0.5, 0.6) is 0 Å². The molecular formula is C34H39F3N4O. The molecule has 222 valence electrons. The first kappa shape index (κ1) is 31.4. The van der Waals surface area contributed by atoms with Gasteiger partial charge in [-0.05, 0) is 47.9 Å². The largest absolute Gasteiger partial charge is 0.416 e. The zero-order chi connectivity index (χ0) is 29.6. The molecule has 0 aliphatic rings. The quantitative estimate of drug-likeness (QED) is 0.154. The van der Waals surface area contributed by atoms with E-state index in [1.54, 1.807) is 6.07 Å². The lowest BCUT2D eigenvalue weighted by molar-refractivity contribution is -0.137. The number of nitrogens with one attached hydrogen (secondary N) is 1. The molecule has 1 heterocycles. The van der Waals surface area contributed by atoms with E-state index in [9.17, 15) is 13.2 Å². The average molecular weight is 577 g/mol. The van der Waals surface area contributed by atoms with Crippen LogP contribution in [0.4, 0.5) is 13.2 Å². The van der Waals surface area contributed by atoms with Gasteiger partial charge in [0.2, 0.25) is 0 Å². The maximum Gasteiger partial charge on any atom is 0.416 e. The van der Waals surface area contributed by atoms with Crippen LogP contribution in [-0.2, 0) is 38.9 Å². The number of aliphatic hydroxyl groups is 1. The average Bonchev–Trinajstić information content (AvgIpc) is 2.98. The van der Waals surface area contributed by atoms with Crippen molar-refractivity contribution >= 4 is 0 Å². The van der Waals surface area contributed by atoms with Gasteiger partial charge in [0.1, 0.15) is 0 Å².